The highest BCUT2D eigenvalue weighted by molar-refractivity contribution is 5.89. The van der Waals surface area contributed by atoms with Crippen molar-refractivity contribution >= 4 is 17.6 Å². The number of hydrogen-bond donors (Lipinski definition) is 4. The zero-order valence-corrected chi connectivity index (χ0v) is 16.2. The number of rotatable bonds is 6. The molecule has 1 saturated heterocycles. The second-order valence-electron chi connectivity index (χ2n) is 7.23. The maximum absolute atomic E-state index is 12.5. The molecule has 3 atom stereocenters. The Hall–Kier alpha value is -2.93. The smallest absolute Gasteiger partial charge is 0.242 e. The lowest BCUT2D eigenvalue weighted by Crippen LogP contribution is -2.50. The summed E-state index contributed by atoms with van der Waals surface area (Å²) < 4.78 is 0. The van der Waals surface area contributed by atoms with Crippen LogP contribution in [0, 0.1) is 6.92 Å². The molecule has 0 aliphatic carbocycles. The maximum atomic E-state index is 12.5. The van der Waals surface area contributed by atoms with Crippen molar-refractivity contribution < 1.29 is 9.59 Å². The van der Waals surface area contributed by atoms with Gasteiger partial charge in [-0.15, -0.1) is 0 Å². The summed E-state index contributed by atoms with van der Waals surface area (Å²) in [5, 5.41) is 8.90. The number of nitrogens with zero attached hydrogens (tertiary/aromatic N) is 1. The van der Waals surface area contributed by atoms with Gasteiger partial charge in [-0.05, 0) is 43.4 Å². The summed E-state index contributed by atoms with van der Waals surface area (Å²) in [5.41, 5.74) is 8.54. The number of pyridine rings is 1. The minimum Gasteiger partial charge on any atom is -0.384 e. The molecule has 148 valence electrons. The van der Waals surface area contributed by atoms with Crippen LogP contribution in [0.4, 0.5) is 5.82 Å². The van der Waals surface area contributed by atoms with Gasteiger partial charge in [-0.1, -0.05) is 36.4 Å². The van der Waals surface area contributed by atoms with Crippen molar-refractivity contribution in [1.29, 1.82) is 0 Å². The van der Waals surface area contributed by atoms with E-state index in [1.807, 2.05) is 31.2 Å². The SMILES string of the molecule is Cc1nc(N)ccc1CNC(=O)[C@H](C)NC(=O)[C@H]1C[C@H](c2ccccc2)CN1. The molecule has 2 aromatic rings. The monoisotopic (exact) mass is 381 g/mol. The molecule has 1 aromatic heterocycles. The standard InChI is InChI=1S/C21H27N5O2/c1-13-16(8-9-19(22)25-13)11-24-20(27)14(2)26-21(28)18-10-17(12-23-18)15-6-4-3-5-7-15/h3-9,14,17-18,23H,10-12H2,1-2H3,(H2,22,25)(H,24,27)(H,26,28)/t14-,17-,18+/m0/s1. The zero-order valence-electron chi connectivity index (χ0n) is 16.2. The van der Waals surface area contributed by atoms with Gasteiger partial charge in [0, 0.05) is 18.8 Å². The number of anilines is 1. The van der Waals surface area contributed by atoms with E-state index < -0.39 is 6.04 Å². The summed E-state index contributed by atoms with van der Waals surface area (Å²) in [6, 6.07) is 12.8. The molecule has 0 radical (unpaired) electrons. The van der Waals surface area contributed by atoms with Gasteiger partial charge in [0.15, 0.2) is 0 Å². The first-order chi connectivity index (χ1) is 13.4. The highest BCUT2D eigenvalue weighted by Gasteiger charge is 2.31. The predicted molar refractivity (Wildman–Crippen MR) is 108 cm³/mol. The zero-order chi connectivity index (χ0) is 20.1. The van der Waals surface area contributed by atoms with Crippen LogP contribution in [-0.2, 0) is 16.1 Å². The van der Waals surface area contributed by atoms with Crippen molar-refractivity contribution in [3.63, 3.8) is 0 Å². The number of aromatic nitrogens is 1. The Kier molecular flexibility index (Phi) is 6.26. The average molecular weight is 381 g/mol. The van der Waals surface area contributed by atoms with Gasteiger partial charge in [-0.25, -0.2) is 4.98 Å². The Morgan fingerprint density at radius 3 is 2.71 bits per heavy atom. The summed E-state index contributed by atoms with van der Waals surface area (Å²) in [4.78, 5) is 29.0. The molecule has 0 spiro atoms. The van der Waals surface area contributed by atoms with Crippen LogP contribution in [0.25, 0.3) is 0 Å². The molecule has 0 saturated carbocycles. The van der Waals surface area contributed by atoms with Gasteiger partial charge >= 0.3 is 0 Å². The van der Waals surface area contributed by atoms with E-state index in [1.165, 1.54) is 5.56 Å². The molecule has 0 bridgehead atoms. The van der Waals surface area contributed by atoms with E-state index in [4.69, 9.17) is 5.73 Å². The van der Waals surface area contributed by atoms with E-state index in [9.17, 15) is 9.59 Å². The largest absolute Gasteiger partial charge is 0.384 e. The topological polar surface area (TPSA) is 109 Å². The van der Waals surface area contributed by atoms with Crippen LogP contribution in [0.3, 0.4) is 0 Å². The summed E-state index contributed by atoms with van der Waals surface area (Å²) in [5.74, 6) is 0.377. The number of benzene rings is 1. The second kappa shape index (κ2) is 8.84. The Morgan fingerprint density at radius 2 is 2.00 bits per heavy atom. The Bertz CT molecular complexity index is 840. The number of nitrogens with one attached hydrogen (secondary N) is 3. The number of carbonyl (C=O) groups excluding carboxylic acids is 2. The number of aryl methyl sites for hydroxylation is 1. The number of nitrogen functional groups attached to an aromatic ring is 1. The van der Waals surface area contributed by atoms with Gasteiger partial charge in [0.25, 0.3) is 0 Å². The van der Waals surface area contributed by atoms with Crippen LogP contribution >= 0.6 is 0 Å². The van der Waals surface area contributed by atoms with Gasteiger partial charge in [0.05, 0.1) is 6.04 Å². The summed E-state index contributed by atoms with van der Waals surface area (Å²) >= 11 is 0. The third-order valence-corrected chi connectivity index (χ3v) is 5.14. The number of nitrogens with two attached hydrogens (primary N) is 1. The molecular formula is C21H27N5O2. The number of amides is 2. The van der Waals surface area contributed by atoms with E-state index in [0.717, 1.165) is 24.2 Å². The molecule has 5 N–H and O–H groups in total. The van der Waals surface area contributed by atoms with Crippen LogP contribution in [0.15, 0.2) is 42.5 Å². The third-order valence-electron chi connectivity index (χ3n) is 5.14. The lowest BCUT2D eigenvalue weighted by atomic mass is 9.96. The van der Waals surface area contributed by atoms with Crippen molar-refractivity contribution in [1.82, 2.24) is 20.9 Å². The maximum Gasteiger partial charge on any atom is 0.242 e. The lowest BCUT2D eigenvalue weighted by molar-refractivity contribution is -0.129. The van der Waals surface area contributed by atoms with E-state index in [0.29, 0.717) is 18.3 Å². The molecule has 2 heterocycles. The molecule has 1 fully saturated rings. The Morgan fingerprint density at radius 1 is 1.25 bits per heavy atom. The Labute approximate surface area is 165 Å². The van der Waals surface area contributed by atoms with E-state index in [2.05, 4.69) is 33.1 Å². The van der Waals surface area contributed by atoms with Crippen molar-refractivity contribution in [3.8, 4) is 0 Å². The van der Waals surface area contributed by atoms with E-state index in [-0.39, 0.29) is 17.9 Å². The second-order valence-corrected chi connectivity index (χ2v) is 7.23. The van der Waals surface area contributed by atoms with Crippen LogP contribution < -0.4 is 21.7 Å². The van der Waals surface area contributed by atoms with E-state index in [1.54, 1.807) is 13.0 Å². The first kappa shape index (κ1) is 19.8. The highest BCUT2D eigenvalue weighted by Crippen LogP contribution is 2.25. The van der Waals surface area contributed by atoms with Crippen molar-refractivity contribution in [2.45, 2.75) is 44.8 Å². The first-order valence-electron chi connectivity index (χ1n) is 9.52. The van der Waals surface area contributed by atoms with Crippen LogP contribution in [-0.4, -0.2) is 35.4 Å². The van der Waals surface area contributed by atoms with E-state index >= 15 is 0 Å². The molecule has 0 unspecified atom stereocenters. The molecule has 7 nitrogen and oxygen atoms in total. The van der Waals surface area contributed by atoms with Gasteiger partial charge < -0.3 is 21.7 Å². The van der Waals surface area contributed by atoms with Gasteiger partial charge in [0.1, 0.15) is 11.9 Å². The fourth-order valence-electron chi connectivity index (χ4n) is 3.43. The molecule has 1 aliphatic heterocycles. The van der Waals surface area contributed by atoms with Crippen LogP contribution in [0.2, 0.25) is 0 Å². The van der Waals surface area contributed by atoms with Gasteiger partial charge in [-0.2, -0.15) is 0 Å². The fourth-order valence-corrected chi connectivity index (χ4v) is 3.43. The van der Waals surface area contributed by atoms with Crippen molar-refractivity contribution in [2.75, 3.05) is 12.3 Å². The van der Waals surface area contributed by atoms with Gasteiger partial charge in [-0.3, -0.25) is 9.59 Å². The number of hydrogen-bond acceptors (Lipinski definition) is 5. The highest BCUT2D eigenvalue weighted by atomic mass is 16.2. The molecule has 3 rings (SSSR count). The molecule has 2 amide bonds. The molecular weight excluding hydrogens is 354 g/mol. The molecule has 1 aromatic carbocycles. The minimum atomic E-state index is -0.618. The normalized spacial score (nSPS) is 19.8. The molecule has 28 heavy (non-hydrogen) atoms. The summed E-state index contributed by atoms with van der Waals surface area (Å²) in [7, 11) is 0. The van der Waals surface area contributed by atoms with Gasteiger partial charge in [0.2, 0.25) is 11.8 Å². The summed E-state index contributed by atoms with van der Waals surface area (Å²) in [6.45, 7) is 4.63. The lowest BCUT2D eigenvalue weighted by Gasteiger charge is -2.17. The number of carbonyl (C=O) groups is 2. The van der Waals surface area contributed by atoms with Crippen molar-refractivity contribution in [3.05, 3.63) is 59.3 Å². The first-order valence-corrected chi connectivity index (χ1v) is 9.52. The van der Waals surface area contributed by atoms with Crippen LogP contribution in [0.5, 0.6) is 0 Å². The van der Waals surface area contributed by atoms with Crippen molar-refractivity contribution in [2.24, 2.45) is 0 Å². The minimum absolute atomic E-state index is 0.147. The average Bonchev–Trinajstić information content (AvgIpc) is 3.18. The third kappa shape index (κ3) is 4.86. The predicted octanol–water partition coefficient (Wildman–Crippen LogP) is 1.24. The molecule has 1 aliphatic rings. The molecule has 7 heteroatoms. The fraction of sp³-hybridized carbons (Fsp3) is 0.381. The summed E-state index contributed by atoms with van der Waals surface area (Å²) in [6.07, 6.45) is 0.723. The Balaban J connectivity index is 1.48. The van der Waals surface area contributed by atoms with Crippen LogP contribution in [0.1, 0.15) is 36.1 Å². The quantitative estimate of drug-likeness (QED) is 0.602.